The zero-order chi connectivity index (χ0) is 12.3. The van der Waals surface area contributed by atoms with Crippen LogP contribution in [0.5, 0.6) is 0 Å². The number of halogens is 2. The predicted molar refractivity (Wildman–Crippen MR) is 65.0 cm³/mol. The lowest BCUT2D eigenvalue weighted by atomic mass is 10.0. The fourth-order valence-electron chi connectivity index (χ4n) is 1.79. The van der Waals surface area contributed by atoms with E-state index in [1.807, 2.05) is 0 Å². The number of carbonyl (C=O) groups excluding carboxylic acids is 1. The molecule has 1 aromatic carbocycles. The summed E-state index contributed by atoms with van der Waals surface area (Å²) in [4.78, 5) is 11.8. The van der Waals surface area contributed by atoms with Gasteiger partial charge in [0.2, 0.25) is 5.91 Å². The molecule has 1 heterocycles. The van der Waals surface area contributed by atoms with Gasteiger partial charge in [-0.15, -0.1) is 0 Å². The normalized spacial score (nSPS) is 20.0. The molecular formula is C12H13F2NOS. The summed E-state index contributed by atoms with van der Waals surface area (Å²) in [5.74, 6) is -0.127. The maximum Gasteiger partial charge on any atom is 0.228 e. The summed E-state index contributed by atoms with van der Waals surface area (Å²) in [6.07, 6.45) is 1.76. The molecule has 1 saturated heterocycles. The second-order valence-corrected chi connectivity index (χ2v) is 5.15. The Labute approximate surface area is 103 Å². The number of hydrogen-bond donors (Lipinski definition) is 1. The number of thioether (sulfide) groups is 1. The molecule has 2 rings (SSSR count). The minimum atomic E-state index is -0.734. The first-order valence-electron chi connectivity index (χ1n) is 5.51. The largest absolute Gasteiger partial charge is 0.321 e. The van der Waals surface area contributed by atoms with Crippen molar-refractivity contribution in [1.82, 2.24) is 0 Å². The molecule has 0 saturated carbocycles. The first kappa shape index (κ1) is 12.4. The maximum absolute atomic E-state index is 13.3. The standard InChI is InChI=1S/C12H13F2NOS/c13-9-4-1-5-10(14)11(9)15-12(16)8-3-2-6-17-7-8/h1,4-5,8H,2-3,6-7H2,(H,15,16). The van der Waals surface area contributed by atoms with Gasteiger partial charge in [-0.2, -0.15) is 11.8 Å². The molecule has 5 heteroatoms. The molecule has 1 aliphatic heterocycles. The Balaban J connectivity index is 2.07. The molecule has 1 aliphatic rings. The van der Waals surface area contributed by atoms with Crippen LogP contribution in [0, 0.1) is 17.6 Å². The summed E-state index contributed by atoms with van der Waals surface area (Å²) in [7, 11) is 0. The van der Waals surface area contributed by atoms with E-state index in [1.54, 1.807) is 11.8 Å². The SMILES string of the molecule is O=C(Nc1c(F)cccc1F)C1CCCSC1. The number of rotatable bonds is 2. The number of para-hydroxylation sites is 1. The van der Waals surface area contributed by atoms with Crippen LogP contribution in [0.1, 0.15) is 12.8 Å². The topological polar surface area (TPSA) is 29.1 Å². The number of amides is 1. The second kappa shape index (κ2) is 5.49. The molecule has 1 N–H and O–H groups in total. The highest BCUT2D eigenvalue weighted by Crippen LogP contribution is 2.25. The maximum atomic E-state index is 13.3. The highest BCUT2D eigenvalue weighted by Gasteiger charge is 2.23. The molecule has 92 valence electrons. The van der Waals surface area contributed by atoms with E-state index in [0.717, 1.165) is 36.5 Å². The summed E-state index contributed by atoms with van der Waals surface area (Å²) < 4.78 is 26.6. The Bertz CT molecular complexity index is 399. The molecule has 0 aliphatic carbocycles. The molecule has 0 bridgehead atoms. The van der Waals surface area contributed by atoms with E-state index in [0.29, 0.717) is 0 Å². The zero-order valence-corrected chi connectivity index (χ0v) is 10.0. The van der Waals surface area contributed by atoms with E-state index < -0.39 is 11.6 Å². The van der Waals surface area contributed by atoms with Gasteiger partial charge in [0.1, 0.15) is 17.3 Å². The highest BCUT2D eigenvalue weighted by atomic mass is 32.2. The van der Waals surface area contributed by atoms with Gasteiger partial charge in [0.15, 0.2) is 0 Å². The van der Waals surface area contributed by atoms with Crippen molar-refractivity contribution in [3.8, 4) is 0 Å². The van der Waals surface area contributed by atoms with Crippen LogP contribution in [0.25, 0.3) is 0 Å². The first-order valence-corrected chi connectivity index (χ1v) is 6.66. The summed E-state index contributed by atoms with van der Waals surface area (Å²) in [6, 6.07) is 3.54. The lowest BCUT2D eigenvalue weighted by molar-refractivity contribution is -0.119. The molecule has 17 heavy (non-hydrogen) atoms. The van der Waals surface area contributed by atoms with Gasteiger partial charge in [0.25, 0.3) is 0 Å². The average Bonchev–Trinajstić information content (AvgIpc) is 2.35. The quantitative estimate of drug-likeness (QED) is 0.882. The summed E-state index contributed by atoms with van der Waals surface area (Å²) >= 11 is 1.70. The third kappa shape index (κ3) is 2.97. The zero-order valence-electron chi connectivity index (χ0n) is 9.21. The van der Waals surface area contributed by atoms with Crippen molar-refractivity contribution in [1.29, 1.82) is 0 Å². The van der Waals surface area contributed by atoms with Gasteiger partial charge in [-0.1, -0.05) is 6.07 Å². The predicted octanol–water partition coefficient (Wildman–Crippen LogP) is 3.05. The van der Waals surface area contributed by atoms with Gasteiger partial charge < -0.3 is 5.32 Å². The van der Waals surface area contributed by atoms with E-state index in [1.165, 1.54) is 6.07 Å². The van der Waals surface area contributed by atoms with Crippen LogP contribution in [-0.4, -0.2) is 17.4 Å². The Morgan fingerprint density at radius 1 is 1.35 bits per heavy atom. The van der Waals surface area contributed by atoms with Crippen molar-refractivity contribution in [2.45, 2.75) is 12.8 Å². The molecule has 0 radical (unpaired) electrons. The van der Waals surface area contributed by atoms with Crippen LogP contribution in [0.4, 0.5) is 14.5 Å². The molecule has 1 unspecified atom stereocenters. The minimum absolute atomic E-state index is 0.146. The van der Waals surface area contributed by atoms with Gasteiger partial charge >= 0.3 is 0 Å². The van der Waals surface area contributed by atoms with Gasteiger partial charge in [0.05, 0.1) is 0 Å². The van der Waals surface area contributed by atoms with E-state index in [2.05, 4.69) is 5.32 Å². The van der Waals surface area contributed by atoms with Crippen molar-refractivity contribution in [3.05, 3.63) is 29.8 Å². The fourth-order valence-corrected chi connectivity index (χ4v) is 2.93. The Morgan fingerprint density at radius 3 is 2.65 bits per heavy atom. The van der Waals surface area contributed by atoms with Crippen LogP contribution in [0.15, 0.2) is 18.2 Å². The van der Waals surface area contributed by atoms with Gasteiger partial charge in [-0.25, -0.2) is 8.78 Å². The Kier molecular flexibility index (Phi) is 3.99. The average molecular weight is 257 g/mol. The van der Waals surface area contributed by atoms with Crippen molar-refractivity contribution < 1.29 is 13.6 Å². The van der Waals surface area contributed by atoms with E-state index in [9.17, 15) is 13.6 Å². The molecular weight excluding hydrogens is 244 g/mol. The summed E-state index contributed by atoms with van der Waals surface area (Å²) in [5.41, 5.74) is -0.340. The first-order chi connectivity index (χ1) is 8.18. The number of hydrogen-bond acceptors (Lipinski definition) is 2. The smallest absolute Gasteiger partial charge is 0.228 e. The van der Waals surface area contributed by atoms with Crippen LogP contribution in [0.3, 0.4) is 0 Å². The molecule has 1 amide bonds. The number of nitrogens with one attached hydrogen (secondary N) is 1. The second-order valence-electron chi connectivity index (χ2n) is 4.00. The van der Waals surface area contributed by atoms with E-state index in [-0.39, 0.29) is 17.5 Å². The van der Waals surface area contributed by atoms with Crippen LogP contribution in [0.2, 0.25) is 0 Å². The van der Waals surface area contributed by atoms with Crippen molar-refractivity contribution in [3.63, 3.8) is 0 Å². The lowest BCUT2D eigenvalue weighted by Crippen LogP contribution is -2.27. The Morgan fingerprint density at radius 2 is 2.06 bits per heavy atom. The molecule has 1 atom stereocenters. The molecule has 0 spiro atoms. The lowest BCUT2D eigenvalue weighted by Gasteiger charge is -2.20. The highest BCUT2D eigenvalue weighted by molar-refractivity contribution is 7.99. The number of carbonyl (C=O) groups is 1. The summed E-state index contributed by atoms with van der Waals surface area (Å²) in [6.45, 7) is 0. The summed E-state index contributed by atoms with van der Waals surface area (Å²) in [5, 5.41) is 2.35. The van der Waals surface area contributed by atoms with Gasteiger partial charge in [-0.05, 0) is 30.7 Å². The van der Waals surface area contributed by atoms with Crippen LogP contribution < -0.4 is 5.32 Å². The molecule has 1 fully saturated rings. The van der Waals surface area contributed by atoms with Gasteiger partial charge in [-0.3, -0.25) is 4.79 Å². The number of anilines is 1. The third-order valence-corrected chi connectivity index (χ3v) is 3.96. The monoisotopic (exact) mass is 257 g/mol. The number of benzene rings is 1. The molecule has 1 aromatic rings. The minimum Gasteiger partial charge on any atom is -0.321 e. The molecule has 2 nitrogen and oxygen atoms in total. The fraction of sp³-hybridized carbons (Fsp3) is 0.417. The van der Waals surface area contributed by atoms with E-state index in [4.69, 9.17) is 0 Å². The van der Waals surface area contributed by atoms with Crippen molar-refractivity contribution >= 4 is 23.4 Å². The van der Waals surface area contributed by atoms with Crippen LogP contribution >= 0.6 is 11.8 Å². The molecule has 0 aromatic heterocycles. The van der Waals surface area contributed by atoms with Crippen LogP contribution in [-0.2, 0) is 4.79 Å². The van der Waals surface area contributed by atoms with Crippen molar-refractivity contribution in [2.75, 3.05) is 16.8 Å². The van der Waals surface area contributed by atoms with Gasteiger partial charge in [0, 0.05) is 11.7 Å². The Hall–Kier alpha value is -1.10. The van der Waals surface area contributed by atoms with Crippen molar-refractivity contribution in [2.24, 2.45) is 5.92 Å². The van der Waals surface area contributed by atoms with E-state index >= 15 is 0 Å². The third-order valence-electron chi connectivity index (χ3n) is 2.74.